The van der Waals surface area contributed by atoms with Gasteiger partial charge in [-0.05, 0) is 63.9 Å². The van der Waals surface area contributed by atoms with Gasteiger partial charge in [-0.3, -0.25) is 14.4 Å². The molecule has 0 spiro atoms. The average molecular weight is 565 g/mol. The van der Waals surface area contributed by atoms with Crippen molar-refractivity contribution in [3.63, 3.8) is 0 Å². The van der Waals surface area contributed by atoms with Crippen LogP contribution in [0.25, 0.3) is 0 Å². The van der Waals surface area contributed by atoms with Crippen molar-refractivity contribution in [1.29, 1.82) is 0 Å². The lowest BCUT2D eigenvalue weighted by Gasteiger charge is -2.31. The Morgan fingerprint density at radius 2 is 1.80 bits per heavy atom. The van der Waals surface area contributed by atoms with Crippen LogP contribution in [-0.4, -0.2) is 53.5 Å². The second-order valence-electron chi connectivity index (χ2n) is 9.55. The number of nitrogens with zero attached hydrogens (tertiary/aromatic N) is 2. The molecule has 8 nitrogen and oxygen atoms in total. The van der Waals surface area contributed by atoms with Crippen LogP contribution in [0.15, 0.2) is 57.9 Å². The number of hydrogen-bond acceptors (Lipinski definition) is 5. The summed E-state index contributed by atoms with van der Waals surface area (Å²) in [5.74, 6) is -1.17. The lowest BCUT2D eigenvalue weighted by molar-refractivity contribution is -0.141. The van der Waals surface area contributed by atoms with E-state index < -0.39 is 27.5 Å². The van der Waals surface area contributed by atoms with Crippen LogP contribution in [0.5, 0.6) is 0 Å². The van der Waals surface area contributed by atoms with Crippen molar-refractivity contribution in [2.45, 2.75) is 63.6 Å². The molecule has 0 saturated heterocycles. The maximum absolute atomic E-state index is 13.3. The smallest absolute Gasteiger partial charge is 0.269 e. The van der Waals surface area contributed by atoms with E-state index in [0.29, 0.717) is 0 Å². The number of amides is 3. The lowest BCUT2D eigenvalue weighted by atomic mass is 10.1. The van der Waals surface area contributed by atoms with Crippen molar-refractivity contribution in [3.05, 3.63) is 64.1 Å². The highest BCUT2D eigenvalue weighted by Crippen LogP contribution is 2.30. The molecule has 3 amide bonds. The standard InChI is InChI=1S/C25H30BrN3O5S/c1-17(23(31)27-25(2,3)4)28(16-18-9-7-10-19(26)15-18)22(30)13-8-14-29-24(32)20-11-5-6-12-21(20)35(29,33)34/h5-7,9-12,15,17H,8,13-14,16H2,1-4H3,(H,27,31). The van der Waals surface area contributed by atoms with Crippen LogP contribution in [0.1, 0.15) is 56.5 Å². The number of benzene rings is 2. The molecular weight excluding hydrogens is 534 g/mol. The molecule has 0 saturated carbocycles. The molecular formula is C25H30BrN3O5S. The van der Waals surface area contributed by atoms with Gasteiger partial charge in [-0.25, -0.2) is 12.7 Å². The third-order valence-corrected chi connectivity index (χ3v) is 7.91. The molecule has 3 rings (SSSR count). The van der Waals surface area contributed by atoms with Gasteiger partial charge < -0.3 is 10.2 Å². The number of carbonyl (C=O) groups excluding carboxylic acids is 3. The summed E-state index contributed by atoms with van der Waals surface area (Å²) in [6.07, 6.45) is 0.122. The van der Waals surface area contributed by atoms with E-state index in [0.717, 1.165) is 14.3 Å². The van der Waals surface area contributed by atoms with Gasteiger partial charge in [0.15, 0.2) is 0 Å². The number of fused-ring (bicyclic) bond motifs is 1. The van der Waals surface area contributed by atoms with Gasteiger partial charge in [0.25, 0.3) is 15.9 Å². The Labute approximate surface area is 214 Å². The molecule has 1 atom stereocenters. The predicted molar refractivity (Wildman–Crippen MR) is 136 cm³/mol. The number of sulfonamides is 1. The minimum absolute atomic E-state index is 0.0138. The summed E-state index contributed by atoms with van der Waals surface area (Å²) < 4.78 is 27.2. The Morgan fingerprint density at radius 1 is 1.11 bits per heavy atom. The van der Waals surface area contributed by atoms with Crippen LogP contribution < -0.4 is 5.32 Å². The molecule has 2 aromatic rings. The van der Waals surface area contributed by atoms with E-state index in [4.69, 9.17) is 0 Å². The van der Waals surface area contributed by atoms with Gasteiger partial charge in [0.2, 0.25) is 11.8 Å². The Morgan fingerprint density at radius 3 is 2.43 bits per heavy atom. The fraction of sp³-hybridized carbons (Fsp3) is 0.400. The van der Waals surface area contributed by atoms with Gasteiger partial charge >= 0.3 is 0 Å². The van der Waals surface area contributed by atoms with Crippen molar-refractivity contribution >= 4 is 43.7 Å². The molecule has 1 aliphatic rings. The molecule has 35 heavy (non-hydrogen) atoms. The topological polar surface area (TPSA) is 104 Å². The molecule has 1 aliphatic heterocycles. The van der Waals surface area contributed by atoms with Gasteiger partial charge in [-0.15, -0.1) is 0 Å². The number of nitrogens with one attached hydrogen (secondary N) is 1. The number of hydrogen-bond donors (Lipinski definition) is 1. The van der Waals surface area contributed by atoms with Crippen LogP contribution in [0, 0.1) is 0 Å². The highest BCUT2D eigenvalue weighted by atomic mass is 79.9. The molecule has 188 valence electrons. The maximum Gasteiger partial charge on any atom is 0.269 e. The molecule has 0 aliphatic carbocycles. The number of halogens is 1. The largest absolute Gasteiger partial charge is 0.350 e. The van der Waals surface area contributed by atoms with Gasteiger partial charge in [0.1, 0.15) is 10.9 Å². The molecule has 0 bridgehead atoms. The normalized spacial score (nSPS) is 15.5. The van der Waals surface area contributed by atoms with Gasteiger partial charge in [-0.1, -0.05) is 40.2 Å². The van der Waals surface area contributed by atoms with E-state index in [2.05, 4.69) is 21.2 Å². The van der Waals surface area contributed by atoms with E-state index in [1.54, 1.807) is 19.1 Å². The van der Waals surface area contributed by atoms with E-state index >= 15 is 0 Å². The number of carbonyl (C=O) groups is 3. The first-order valence-electron chi connectivity index (χ1n) is 11.3. The first-order chi connectivity index (χ1) is 16.3. The van der Waals surface area contributed by atoms with Crippen molar-refractivity contribution in [2.75, 3.05) is 6.54 Å². The van der Waals surface area contributed by atoms with Crippen LogP contribution >= 0.6 is 15.9 Å². The summed E-state index contributed by atoms with van der Waals surface area (Å²) in [7, 11) is -3.93. The average Bonchev–Trinajstić information content (AvgIpc) is 2.96. The zero-order valence-electron chi connectivity index (χ0n) is 20.2. The van der Waals surface area contributed by atoms with Crippen LogP contribution in [-0.2, 0) is 26.2 Å². The molecule has 2 aromatic carbocycles. The van der Waals surface area contributed by atoms with Gasteiger partial charge in [0.05, 0.1) is 5.56 Å². The monoisotopic (exact) mass is 563 g/mol. The summed E-state index contributed by atoms with van der Waals surface area (Å²) >= 11 is 3.43. The van der Waals surface area contributed by atoms with E-state index in [1.807, 2.05) is 45.0 Å². The molecule has 0 radical (unpaired) electrons. The van der Waals surface area contributed by atoms with Crippen molar-refractivity contribution in [3.8, 4) is 0 Å². The Balaban J connectivity index is 1.73. The minimum atomic E-state index is -3.93. The van der Waals surface area contributed by atoms with Crippen LogP contribution in [0.2, 0.25) is 0 Å². The first-order valence-corrected chi connectivity index (χ1v) is 13.6. The third kappa shape index (κ3) is 6.29. The summed E-state index contributed by atoms with van der Waals surface area (Å²) in [5, 5.41) is 2.90. The van der Waals surface area contributed by atoms with Gasteiger partial charge in [-0.2, -0.15) is 0 Å². The number of rotatable bonds is 8. The van der Waals surface area contributed by atoms with E-state index in [9.17, 15) is 22.8 Å². The first kappa shape index (κ1) is 26.9. The zero-order chi connectivity index (χ0) is 26.0. The molecule has 1 unspecified atom stereocenters. The Bertz CT molecular complexity index is 1240. The van der Waals surface area contributed by atoms with E-state index in [-0.39, 0.29) is 48.2 Å². The van der Waals surface area contributed by atoms with Crippen LogP contribution in [0.4, 0.5) is 0 Å². The predicted octanol–water partition coefficient (Wildman–Crippen LogP) is 3.71. The highest BCUT2D eigenvalue weighted by molar-refractivity contribution is 9.10. The molecule has 1 heterocycles. The Kier molecular flexibility index (Phi) is 8.06. The second kappa shape index (κ2) is 10.5. The molecule has 10 heteroatoms. The van der Waals surface area contributed by atoms with Crippen molar-refractivity contribution in [1.82, 2.24) is 14.5 Å². The lowest BCUT2D eigenvalue weighted by Crippen LogP contribution is -2.52. The van der Waals surface area contributed by atoms with E-state index in [1.165, 1.54) is 17.0 Å². The maximum atomic E-state index is 13.3. The molecule has 1 N–H and O–H groups in total. The minimum Gasteiger partial charge on any atom is -0.350 e. The highest BCUT2D eigenvalue weighted by Gasteiger charge is 2.40. The van der Waals surface area contributed by atoms with Crippen molar-refractivity contribution < 1.29 is 22.8 Å². The second-order valence-corrected chi connectivity index (χ2v) is 12.3. The summed E-state index contributed by atoms with van der Waals surface area (Å²) in [6.45, 7) is 7.36. The summed E-state index contributed by atoms with van der Waals surface area (Å²) in [4.78, 5) is 40.2. The SMILES string of the molecule is CC(C(=O)NC(C)(C)C)N(Cc1cccc(Br)c1)C(=O)CCCN1C(=O)c2ccccc2S1(=O)=O. The van der Waals surface area contributed by atoms with Crippen molar-refractivity contribution in [2.24, 2.45) is 0 Å². The fourth-order valence-electron chi connectivity index (χ4n) is 3.86. The fourth-order valence-corrected chi connectivity index (χ4v) is 5.91. The van der Waals surface area contributed by atoms with Crippen LogP contribution in [0.3, 0.4) is 0 Å². The summed E-state index contributed by atoms with van der Waals surface area (Å²) in [5.41, 5.74) is 0.522. The quantitative estimate of drug-likeness (QED) is 0.527. The Hall–Kier alpha value is -2.72. The summed E-state index contributed by atoms with van der Waals surface area (Å²) in [6, 6.07) is 12.8. The molecule has 0 fully saturated rings. The van der Waals surface area contributed by atoms with Gasteiger partial charge in [0, 0.05) is 29.5 Å². The zero-order valence-corrected chi connectivity index (χ0v) is 22.6. The third-order valence-electron chi connectivity index (χ3n) is 5.57. The molecule has 0 aromatic heterocycles.